The second-order valence-corrected chi connectivity index (χ2v) is 10.1. The maximum absolute atomic E-state index is 15.4. The van der Waals surface area contributed by atoms with Gasteiger partial charge in [-0.1, -0.05) is 6.07 Å². The van der Waals surface area contributed by atoms with Crippen molar-refractivity contribution in [3.63, 3.8) is 0 Å². The van der Waals surface area contributed by atoms with Gasteiger partial charge in [0.2, 0.25) is 5.91 Å². The molecular weight excluding hydrogens is 475 g/mol. The molecule has 0 radical (unpaired) electrons. The fraction of sp³-hybridized carbons (Fsp3) is 0.276. The van der Waals surface area contributed by atoms with Crippen LogP contribution < -0.4 is 10.5 Å². The Morgan fingerprint density at radius 3 is 2.49 bits per heavy atom. The Kier molecular flexibility index (Phi) is 6.88. The van der Waals surface area contributed by atoms with E-state index in [4.69, 9.17) is 15.6 Å². The van der Waals surface area contributed by atoms with Crippen LogP contribution in [0.4, 0.5) is 4.39 Å². The second-order valence-electron chi connectivity index (χ2n) is 10.1. The monoisotopic (exact) mass is 504 g/mol. The summed E-state index contributed by atoms with van der Waals surface area (Å²) in [5.41, 5.74) is 8.70. The van der Waals surface area contributed by atoms with Gasteiger partial charge in [-0.3, -0.25) is 14.6 Å². The summed E-state index contributed by atoms with van der Waals surface area (Å²) in [5.74, 6) is -1.58. The van der Waals surface area contributed by atoms with Gasteiger partial charge in [0.25, 0.3) is 0 Å². The number of aliphatic hydroxyl groups is 1. The number of carboxylic acids is 1. The third-order valence-corrected chi connectivity index (χ3v) is 6.06. The van der Waals surface area contributed by atoms with Gasteiger partial charge in [0.05, 0.1) is 24.1 Å². The molecule has 1 amide bonds. The summed E-state index contributed by atoms with van der Waals surface area (Å²) in [5, 5.41) is 19.7. The van der Waals surface area contributed by atoms with Crippen molar-refractivity contribution >= 4 is 33.6 Å². The molecule has 1 aromatic heterocycles. The fourth-order valence-corrected chi connectivity index (χ4v) is 4.56. The predicted octanol–water partition coefficient (Wildman–Crippen LogP) is 4.94. The van der Waals surface area contributed by atoms with E-state index in [2.05, 4.69) is 4.98 Å². The first-order chi connectivity index (χ1) is 17.4. The molecule has 3 aromatic carbocycles. The number of rotatable bonds is 4. The Morgan fingerprint density at radius 1 is 1.14 bits per heavy atom. The smallest absolute Gasteiger partial charge is 0.307 e. The van der Waals surface area contributed by atoms with Crippen LogP contribution in [0.25, 0.3) is 32.8 Å². The molecule has 0 bridgehead atoms. The molecule has 0 fully saturated rings. The van der Waals surface area contributed by atoms with E-state index in [1.807, 2.05) is 18.2 Å². The van der Waals surface area contributed by atoms with Crippen molar-refractivity contribution in [1.29, 1.82) is 0 Å². The highest BCUT2D eigenvalue weighted by molar-refractivity contribution is 6.10. The summed E-state index contributed by atoms with van der Waals surface area (Å²) in [7, 11) is 0. The first-order valence-electron chi connectivity index (χ1n) is 11.9. The van der Waals surface area contributed by atoms with Crippen LogP contribution in [0.15, 0.2) is 42.6 Å². The SMILES string of the molecule is CC(C)(C)O.Cc1c(CC(=O)O)c(-c2ccc3c4c(ccnc24)CCO3)c2ccc(C(N)=O)cc2c1F. The summed E-state index contributed by atoms with van der Waals surface area (Å²) >= 11 is 0. The minimum atomic E-state index is -1.07. The minimum absolute atomic E-state index is 0.177. The molecule has 5 rings (SSSR count). The van der Waals surface area contributed by atoms with Gasteiger partial charge in [-0.2, -0.15) is 0 Å². The molecular formula is C29H29FN2O5. The van der Waals surface area contributed by atoms with Crippen LogP contribution >= 0.6 is 0 Å². The van der Waals surface area contributed by atoms with Gasteiger partial charge in [-0.15, -0.1) is 0 Å². The first-order valence-corrected chi connectivity index (χ1v) is 11.9. The number of benzene rings is 3. The number of fused-ring (bicyclic) bond motifs is 1. The van der Waals surface area contributed by atoms with Crippen molar-refractivity contribution in [1.82, 2.24) is 4.98 Å². The lowest BCUT2D eigenvalue weighted by atomic mass is 9.86. The van der Waals surface area contributed by atoms with Gasteiger partial charge in [-0.25, -0.2) is 4.39 Å². The summed E-state index contributed by atoms with van der Waals surface area (Å²) < 4.78 is 21.2. The quantitative estimate of drug-likeness (QED) is 0.362. The molecule has 4 aromatic rings. The zero-order valence-corrected chi connectivity index (χ0v) is 21.2. The van der Waals surface area contributed by atoms with Crippen molar-refractivity contribution in [2.45, 2.75) is 46.1 Å². The van der Waals surface area contributed by atoms with E-state index in [1.165, 1.54) is 12.1 Å². The maximum Gasteiger partial charge on any atom is 0.307 e. The van der Waals surface area contributed by atoms with Crippen molar-refractivity contribution in [3.8, 4) is 16.9 Å². The van der Waals surface area contributed by atoms with E-state index in [-0.39, 0.29) is 22.9 Å². The van der Waals surface area contributed by atoms with E-state index in [0.29, 0.717) is 34.2 Å². The average molecular weight is 505 g/mol. The number of ether oxygens (including phenoxy) is 1. The molecule has 0 saturated carbocycles. The van der Waals surface area contributed by atoms with Gasteiger partial charge in [-0.05, 0) is 85.7 Å². The van der Waals surface area contributed by atoms with Gasteiger partial charge in [0.15, 0.2) is 0 Å². The van der Waals surface area contributed by atoms with E-state index in [1.54, 1.807) is 40.0 Å². The Labute approximate surface area is 213 Å². The molecule has 0 saturated heterocycles. The summed E-state index contributed by atoms with van der Waals surface area (Å²) in [6, 6.07) is 10.2. The lowest BCUT2D eigenvalue weighted by Crippen LogP contribution is -2.12. The molecule has 7 nitrogen and oxygen atoms in total. The number of nitrogens with two attached hydrogens (primary N) is 1. The third-order valence-electron chi connectivity index (χ3n) is 6.06. The maximum atomic E-state index is 15.4. The molecule has 0 atom stereocenters. The number of aliphatic carboxylic acids is 1. The Balaban J connectivity index is 0.000000586. The molecule has 192 valence electrons. The van der Waals surface area contributed by atoms with E-state index < -0.39 is 23.3 Å². The number of amides is 1. The number of primary amides is 1. The molecule has 2 heterocycles. The Morgan fingerprint density at radius 2 is 1.84 bits per heavy atom. The predicted molar refractivity (Wildman–Crippen MR) is 140 cm³/mol. The van der Waals surface area contributed by atoms with Crippen LogP contribution in [0.2, 0.25) is 0 Å². The summed E-state index contributed by atoms with van der Waals surface area (Å²) in [6.07, 6.45) is 2.10. The molecule has 0 unspecified atom stereocenters. The van der Waals surface area contributed by atoms with E-state index >= 15 is 4.39 Å². The fourth-order valence-electron chi connectivity index (χ4n) is 4.56. The van der Waals surface area contributed by atoms with Gasteiger partial charge >= 0.3 is 5.97 Å². The van der Waals surface area contributed by atoms with Crippen LogP contribution in [-0.2, 0) is 17.6 Å². The van der Waals surface area contributed by atoms with Gasteiger partial charge in [0.1, 0.15) is 11.6 Å². The zero-order chi connectivity index (χ0) is 27.1. The molecule has 0 aliphatic carbocycles. The van der Waals surface area contributed by atoms with Crippen LogP contribution in [0, 0.1) is 12.7 Å². The van der Waals surface area contributed by atoms with Crippen LogP contribution in [0.1, 0.15) is 47.8 Å². The van der Waals surface area contributed by atoms with Gasteiger partial charge < -0.3 is 20.7 Å². The highest BCUT2D eigenvalue weighted by atomic mass is 19.1. The van der Waals surface area contributed by atoms with Crippen molar-refractivity contribution in [2.24, 2.45) is 5.73 Å². The average Bonchev–Trinajstić information content (AvgIpc) is 2.82. The lowest BCUT2D eigenvalue weighted by molar-refractivity contribution is -0.136. The molecule has 0 spiro atoms. The van der Waals surface area contributed by atoms with Gasteiger partial charge in [0, 0.05) is 34.5 Å². The molecule has 4 N–H and O–H groups in total. The number of aromatic nitrogens is 1. The molecule has 1 aliphatic heterocycles. The van der Waals surface area contributed by atoms with Crippen molar-refractivity contribution < 1.29 is 28.9 Å². The zero-order valence-electron chi connectivity index (χ0n) is 21.2. The second kappa shape index (κ2) is 9.78. The largest absolute Gasteiger partial charge is 0.493 e. The first kappa shape index (κ1) is 26.0. The van der Waals surface area contributed by atoms with Crippen LogP contribution in [0.5, 0.6) is 5.75 Å². The highest BCUT2D eigenvalue weighted by Gasteiger charge is 2.24. The number of hydrogen-bond donors (Lipinski definition) is 3. The van der Waals surface area contributed by atoms with Crippen molar-refractivity contribution in [3.05, 3.63) is 70.7 Å². The highest BCUT2D eigenvalue weighted by Crippen LogP contribution is 2.43. The number of halogens is 1. The number of nitrogens with zero attached hydrogens (tertiary/aromatic N) is 1. The molecule has 1 aliphatic rings. The third kappa shape index (κ3) is 5.24. The van der Waals surface area contributed by atoms with Crippen molar-refractivity contribution in [2.75, 3.05) is 6.61 Å². The van der Waals surface area contributed by atoms with E-state index in [0.717, 1.165) is 23.1 Å². The molecule has 8 heteroatoms. The number of carbonyl (C=O) groups excluding carboxylic acids is 1. The number of carbonyl (C=O) groups is 2. The number of carboxylic acid groups (broad SMARTS) is 1. The number of pyridine rings is 1. The standard InChI is InChI=1S/C25H19FN2O4.C4H10O/c1-12-17(11-20(29)30)22(15-3-2-14(25(27)31)10-18(15)23(12)26)16-4-5-19-21-13(7-9-32-19)6-8-28-24(16)21;1-4(2,3)5/h2-6,8,10H,7,9,11H2,1H3,(H2,27,31)(H,29,30);5H,1-3H3. The number of hydrogen-bond acceptors (Lipinski definition) is 5. The summed E-state index contributed by atoms with van der Waals surface area (Å²) in [4.78, 5) is 28.0. The summed E-state index contributed by atoms with van der Waals surface area (Å²) in [6.45, 7) is 7.35. The normalized spacial score (nSPS) is 12.6. The minimum Gasteiger partial charge on any atom is -0.493 e. The Hall–Kier alpha value is -4.04. The molecule has 37 heavy (non-hydrogen) atoms. The van der Waals surface area contributed by atoms with Crippen LogP contribution in [-0.4, -0.2) is 39.3 Å². The van der Waals surface area contributed by atoms with Crippen LogP contribution in [0.3, 0.4) is 0 Å². The topological polar surface area (TPSA) is 123 Å². The Bertz CT molecular complexity index is 1540. The van der Waals surface area contributed by atoms with E-state index in [9.17, 15) is 14.7 Å². The lowest BCUT2D eigenvalue weighted by Gasteiger charge is -2.22.